The van der Waals surface area contributed by atoms with Gasteiger partial charge in [0.05, 0.1) is 0 Å². The highest BCUT2D eigenvalue weighted by atomic mass is 16.2. The number of hydrogen-bond acceptors (Lipinski definition) is 1. The van der Waals surface area contributed by atoms with E-state index < -0.39 is 0 Å². The molecule has 1 atom stereocenters. The Kier molecular flexibility index (Phi) is 6.75. The van der Waals surface area contributed by atoms with Crippen molar-refractivity contribution < 1.29 is 9.36 Å². The maximum Gasteiger partial charge on any atom is 0.286 e. The Morgan fingerprint density at radius 2 is 1.41 bits per heavy atom. The van der Waals surface area contributed by atoms with Crippen LogP contribution in [0.4, 0.5) is 0 Å². The number of rotatable bonds is 8. The van der Waals surface area contributed by atoms with Crippen LogP contribution >= 0.6 is 0 Å². The van der Waals surface area contributed by atoms with E-state index >= 15 is 0 Å². The molecule has 0 bridgehead atoms. The second kappa shape index (κ2) is 9.67. The van der Waals surface area contributed by atoms with Crippen molar-refractivity contribution in [3.8, 4) is 0 Å². The fourth-order valence-electron chi connectivity index (χ4n) is 3.13. The van der Waals surface area contributed by atoms with Crippen LogP contribution in [0.15, 0.2) is 85.2 Å². The van der Waals surface area contributed by atoms with Crippen LogP contribution < -0.4 is 9.88 Å². The van der Waals surface area contributed by atoms with Crippen LogP contribution in [0, 0.1) is 0 Å². The predicted molar refractivity (Wildman–Crippen MR) is 108 cm³/mol. The fourth-order valence-corrected chi connectivity index (χ4v) is 3.13. The first kappa shape index (κ1) is 18.8. The summed E-state index contributed by atoms with van der Waals surface area (Å²) in [7, 11) is 0. The van der Waals surface area contributed by atoms with E-state index in [1.165, 1.54) is 16.7 Å². The molecule has 3 heteroatoms. The van der Waals surface area contributed by atoms with E-state index in [0.717, 1.165) is 19.3 Å². The summed E-state index contributed by atoms with van der Waals surface area (Å²) in [5, 5.41) is 3.09. The summed E-state index contributed by atoms with van der Waals surface area (Å²) in [6, 6.07) is 25.1. The van der Waals surface area contributed by atoms with E-state index in [2.05, 4.69) is 72.9 Å². The van der Waals surface area contributed by atoms with Crippen molar-refractivity contribution in [1.29, 1.82) is 0 Å². The van der Waals surface area contributed by atoms with Crippen molar-refractivity contribution in [3.63, 3.8) is 0 Å². The molecule has 1 aromatic heterocycles. The maximum absolute atomic E-state index is 12.3. The lowest BCUT2D eigenvalue weighted by Gasteiger charge is -2.12. The second-order valence-corrected chi connectivity index (χ2v) is 7.03. The van der Waals surface area contributed by atoms with Crippen molar-refractivity contribution in [2.45, 2.75) is 38.8 Å². The van der Waals surface area contributed by atoms with E-state index in [1.54, 1.807) is 0 Å². The van der Waals surface area contributed by atoms with Gasteiger partial charge in [-0.05, 0) is 42.9 Å². The van der Waals surface area contributed by atoms with Crippen LogP contribution in [0.5, 0.6) is 0 Å². The standard InChI is InChI=1S/C24H26N2O/c1-20(12-13-21-8-4-2-5-9-21)25-24(27)19-26-16-14-23(15-17-26)18-22-10-6-3-7-11-22/h2-11,14-17,20H,12-13,18-19H2,1H3/p+1/t20-/m1/s1. The number of hydrogen-bond donors (Lipinski definition) is 1. The molecule has 138 valence electrons. The Morgan fingerprint density at radius 3 is 2.04 bits per heavy atom. The molecule has 1 amide bonds. The van der Waals surface area contributed by atoms with Crippen molar-refractivity contribution in [3.05, 3.63) is 102 Å². The molecular formula is C24H27N2O+. The molecular weight excluding hydrogens is 332 g/mol. The van der Waals surface area contributed by atoms with Gasteiger partial charge in [0.2, 0.25) is 6.54 Å². The van der Waals surface area contributed by atoms with Crippen LogP contribution in [0.1, 0.15) is 30.0 Å². The van der Waals surface area contributed by atoms with E-state index in [0.29, 0.717) is 6.54 Å². The molecule has 27 heavy (non-hydrogen) atoms. The van der Waals surface area contributed by atoms with Gasteiger partial charge in [-0.25, -0.2) is 0 Å². The normalized spacial score (nSPS) is 11.7. The summed E-state index contributed by atoms with van der Waals surface area (Å²) < 4.78 is 1.92. The number of aromatic nitrogens is 1. The van der Waals surface area contributed by atoms with Gasteiger partial charge >= 0.3 is 0 Å². The summed E-state index contributed by atoms with van der Waals surface area (Å²) in [5.41, 5.74) is 3.84. The minimum atomic E-state index is 0.0522. The molecule has 0 saturated heterocycles. The number of nitrogens with one attached hydrogen (secondary N) is 1. The van der Waals surface area contributed by atoms with Crippen molar-refractivity contribution in [2.24, 2.45) is 0 Å². The number of aryl methyl sites for hydroxylation is 1. The molecule has 2 aromatic carbocycles. The highest BCUT2D eigenvalue weighted by Gasteiger charge is 2.12. The third kappa shape index (κ3) is 6.37. The molecule has 0 fully saturated rings. The topological polar surface area (TPSA) is 33.0 Å². The van der Waals surface area contributed by atoms with Crippen LogP contribution in [-0.2, 0) is 24.2 Å². The molecule has 0 unspecified atom stereocenters. The molecule has 1 N–H and O–H groups in total. The summed E-state index contributed by atoms with van der Waals surface area (Å²) in [6.07, 6.45) is 6.78. The summed E-state index contributed by atoms with van der Waals surface area (Å²) in [4.78, 5) is 12.3. The van der Waals surface area contributed by atoms with E-state index in [-0.39, 0.29) is 11.9 Å². The SMILES string of the molecule is C[C@H](CCc1ccccc1)NC(=O)C[n+]1ccc(Cc2ccccc2)cc1. The number of pyridine rings is 1. The monoisotopic (exact) mass is 359 g/mol. The quantitative estimate of drug-likeness (QED) is 0.611. The molecule has 3 rings (SSSR count). The lowest BCUT2D eigenvalue weighted by Crippen LogP contribution is -2.45. The zero-order valence-electron chi connectivity index (χ0n) is 15.8. The molecule has 0 aliphatic rings. The smallest absolute Gasteiger partial charge is 0.286 e. The second-order valence-electron chi connectivity index (χ2n) is 7.03. The molecule has 0 spiro atoms. The number of benzene rings is 2. The van der Waals surface area contributed by atoms with Gasteiger partial charge in [0, 0.05) is 18.2 Å². The van der Waals surface area contributed by atoms with Gasteiger partial charge in [-0.2, -0.15) is 4.57 Å². The minimum Gasteiger partial charge on any atom is -0.348 e. The van der Waals surface area contributed by atoms with Gasteiger partial charge in [-0.3, -0.25) is 4.79 Å². The van der Waals surface area contributed by atoms with Crippen LogP contribution in [0.2, 0.25) is 0 Å². The van der Waals surface area contributed by atoms with E-state index in [9.17, 15) is 4.79 Å². The number of carbonyl (C=O) groups is 1. The minimum absolute atomic E-state index is 0.0522. The highest BCUT2D eigenvalue weighted by Crippen LogP contribution is 2.07. The first-order valence-electron chi connectivity index (χ1n) is 9.54. The van der Waals surface area contributed by atoms with Gasteiger partial charge in [-0.1, -0.05) is 60.7 Å². The first-order valence-corrected chi connectivity index (χ1v) is 9.54. The largest absolute Gasteiger partial charge is 0.348 e. The van der Waals surface area contributed by atoms with Gasteiger partial charge < -0.3 is 5.32 Å². The highest BCUT2D eigenvalue weighted by molar-refractivity contribution is 5.74. The summed E-state index contributed by atoms with van der Waals surface area (Å²) in [6.45, 7) is 2.41. The van der Waals surface area contributed by atoms with Crippen molar-refractivity contribution >= 4 is 5.91 Å². The number of nitrogens with zero attached hydrogens (tertiary/aromatic N) is 1. The average Bonchev–Trinajstić information content (AvgIpc) is 2.69. The Labute approximate surface area is 161 Å². The van der Waals surface area contributed by atoms with Gasteiger partial charge in [-0.15, -0.1) is 0 Å². The summed E-state index contributed by atoms with van der Waals surface area (Å²) in [5.74, 6) is 0.0522. The first-order chi connectivity index (χ1) is 13.2. The third-order valence-electron chi connectivity index (χ3n) is 4.65. The lowest BCUT2D eigenvalue weighted by molar-refractivity contribution is -0.684. The van der Waals surface area contributed by atoms with Gasteiger partial charge in [0.15, 0.2) is 12.4 Å². The Hall–Kier alpha value is -2.94. The Balaban J connectivity index is 1.44. The number of carbonyl (C=O) groups excluding carboxylic acids is 1. The molecule has 3 aromatic rings. The molecule has 0 saturated carbocycles. The van der Waals surface area contributed by atoms with Crippen LogP contribution in [0.25, 0.3) is 0 Å². The van der Waals surface area contributed by atoms with Crippen molar-refractivity contribution in [2.75, 3.05) is 0 Å². The predicted octanol–water partition coefficient (Wildman–Crippen LogP) is 3.70. The van der Waals surface area contributed by atoms with Crippen LogP contribution in [-0.4, -0.2) is 11.9 Å². The third-order valence-corrected chi connectivity index (χ3v) is 4.65. The number of amides is 1. The van der Waals surface area contributed by atoms with Gasteiger partial charge in [0.25, 0.3) is 5.91 Å². The molecule has 1 heterocycles. The van der Waals surface area contributed by atoms with Crippen molar-refractivity contribution in [1.82, 2.24) is 5.32 Å². The van der Waals surface area contributed by atoms with E-state index in [1.807, 2.05) is 29.1 Å². The Morgan fingerprint density at radius 1 is 0.852 bits per heavy atom. The van der Waals surface area contributed by atoms with E-state index in [4.69, 9.17) is 0 Å². The zero-order valence-corrected chi connectivity index (χ0v) is 15.8. The fraction of sp³-hybridized carbons (Fsp3) is 0.250. The Bertz CT molecular complexity index is 829. The lowest BCUT2D eigenvalue weighted by atomic mass is 10.1. The zero-order chi connectivity index (χ0) is 18.9. The molecule has 0 aliphatic heterocycles. The molecule has 0 radical (unpaired) electrons. The summed E-state index contributed by atoms with van der Waals surface area (Å²) >= 11 is 0. The van der Waals surface area contributed by atoms with Gasteiger partial charge in [0.1, 0.15) is 0 Å². The average molecular weight is 359 g/mol. The maximum atomic E-state index is 12.3. The molecule has 3 nitrogen and oxygen atoms in total. The van der Waals surface area contributed by atoms with Crippen LogP contribution in [0.3, 0.4) is 0 Å². The molecule has 0 aliphatic carbocycles.